The van der Waals surface area contributed by atoms with Gasteiger partial charge >= 0.3 is 0 Å². The molecule has 0 saturated carbocycles. The van der Waals surface area contributed by atoms with Crippen LogP contribution < -0.4 is 5.73 Å². The fraction of sp³-hybridized carbons (Fsp3) is 0.571. The van der Waals surface area contributed by atoms with E-state index in [-0.39, 0.29) is 5.82 Å². The van der Waals surface area contributed by atoms with Crippen molar-refractivity contribution in [3.63, 3.8) is 0 Å². The largest absolute Gasteiger partial charge is 0.321 e. The summed E-state index contributed by atoms with van der Waals surface area (Å²) in [5.41, 5.74) is 6.96. The predicted molar refractivity (Wildman–Crippen MR) is 66.6 cm³/mol. The monoisotopic (exact) mass is 223 g/mol. The molecule has 2 heteroatoms. The predicted octanol–water partition coefficient (Wildman–Crippen LogP) is 3.83. The summed E-state index contributed by atoms with van der Waals surface area (Å²) < 4.78 is 13.2. The first kappa shape index (κ1) is 13.2. The lowest BCUT2D eigenvalue weighted by molar-refractivity contribution is 0.266. The standard InChI is InChI=1S/C14H22FN/c1-4-7-11(3)14(16,5-2)12-8-6-9-13(15)10-12/h6,8-11H,4-5,7,16H2,1-3H3. The van der Waals surface area contributed by atoms with Gasteiger partial charge in [-0.1, -0.05) is 39.3 Å². The molecular formula is C14H22FN. The first-order chi connectivity index (χ1) is 7.54. The molecule has 0 fully saturated rings. The lowest BCUT2D eigenvalue weighted by Crippen LogP contribution is -2.42. The van der Waals surface area contributed by atoms with Crippen molar-refractivity contribution < 1.29 is 4.39 Å². The SMILES string of the molecule is CCCC(C)C(N)(CC)c1cccc(F)c1. The van der Waals surface area contributed by atoms with E-state index in [0.29, 0.717) is 5.92 Å². The van der Waals surface area contributed by atoms with Crippen molar-refractivity contribution in [2.24, 2.45) is 11.7 Å². The summed E-state index contributed by atoms with van der Waals surface area (Å²) in [5.74, 6) is 0.161. The van der Waals surface area contributed by atoms with Crippen LogP contribution in [0.4, 0.5) is 4.39 Å². The van der Waals surface area contributed by atoms with Gasteiger partial charge in [-0.15, -0.1) is 0 Å². The van der Waals surface area contributed by atoms with E-state index in [1.165, 1.54) is 6.07 Å². The minimum atomic E-state index is -0.405. The number of nitrogens with two attached hydrogens (primary N) is 1. The smallest absolute Gasteiger partial charge is 0.123 e. The molecule has 1 aromatic rings. The van der Waals surface area contributed by atoms with Gasteiger partial charge < -0.3 is 5.73 Å². The van der Waals surface area contributed by atoms with Gasteiger partial charge in [0.25, 0.3) is 0 Å². The molecular weight excluding hydrogens is 201 g/mol. The third-order valence-corrected chi connectivity index (χ3v) is 3.55. The molecule has 2 N–H and O–H groups in total. The van der Waals surface area contributed by atoms with E-state index in [4.69, 9.17) is 5.73 Å². The highest BCUT2D eigenvalue weighted by Gasteiger charge is 2.31. The minimum absolute atomic E-state index is 0.204. The van der Waals surface area contributed by atoms with Crippen LogP contribution in [0, 0.1) is 11.7 Å². The first-order valence-electron chi connectivity index (χ1n) is 6.09. The fourth-order valence-corrected chi connectivity index (χ4v) is 2.31. The summed E-state index contributed by atoms with van der Waals surface area (Å²) in [5, 5.41) is 0. The summed E-state index contributed by atoms with van der Waals surface area (Å²) >= 11 is 0. The molecule has 0 heterocycles. The van der Waals surface area contributed by atoms with E-state index >= 15 is 0 Å². The Balaban J connectivity index is 3.04. The maximum atomic E-state index is 13.2. The van der Waals surface area contributed by atoms with Crippen molar-refractivity contribution in [2.75, 3.05) is 0 Å². The Morgan fingerprint density at radius 1 is 1.38 bits per heavy atom. The van der Waals surface area contributed by atoms with Crippen molar-refractivity contribution in [2.45, 2.75) is 45.6 Å². The molecule has 1 nitrogen and oxygen atoms in total. The second-order valence-electron chi connectivity index (χ2n) is 4.59. The van der Waals surface area contributed by atoms with Gasteiger partial charge in [0.05, 0.1) is 0 Å². The Bertz CT molecular complexity index is 337. The summed E-state index contributed by atoms with van der Waals surface area (Å²) in [7, 11) is 0. The summed E-state index contributed by atoms with van der Waals surface area (Å²) in [6, 6.07) is 6.69. The van der Waals surface area contributed by atoms with Crippen LogP contribution in [0.1, 0.15) is 45.6 Å². The van der Waals surface area contributed by atoms with Crippen molar-refractivity contribution in [3.05, 3.63) is 35.6 Å². The van der Waals surface area contributed by atoms with Gasteiger partial charge in [-0.25, -0.2) is 4.39 Å². The molecule has 90 valence electrons. The second-order valence-corrected chi connectivity index (χ2v) is 4.59. The number of hydrogen-bond donors (Lipinski definition) is 1. The summed E-state index contributed by atoms with van der Waals surface area (Å²) in [4.78, 5) is 0. The van der Waals surface area contributed by atoms with Gasteiger partial charge in [-0.05, 0) is 36.5 Å². The maximum Gasteiger partial charge on any atom is 0.123 e. The minimum Gasteiger partial charge on any atom is -0.321 e. The van der Waals surface area contributed by atoms with Gasteiger partial charge in [0, 0.05) is 5.54 Å². The molecule has 1 aromatic carbocycles. The Morgan fingerprint density at radius 3 is 2.56 bits per heavy atom. The van der Waals surface area contributed by atoms with Gasteiger partial charge in [0.2, 0.25) is 0 Å². The number of hydrogen-bond acceptors (Lipinski definition) is 1. The zero-order valence-electron chi connectivity index (χ0n) is 10.5. The van der Waals surface area contributed by atoms with Crippen molar-refractivity contribution in [3.8, 4) is 0 Å². The summed E-state index contributed by atoms with van der Waals surface area (Å²) in [6.07, 6.45) is 3.01. The van der Waals surface area contributed by atoms with E-state index in [1.807, 2.05) is 6.07 Å². The molecule has 0 aromatic heterocycles. The fourth-order valence-electron chi connectivity index (χ4n) is 2.31. The number of halogens is 1. The zero-order chi connectivity index (χ0) is 12.2. The normalized spacial score (nSPS) is 16.8. The average Bonchev–Trinajstić information content (AvgIpc) is 2.28. The number of benzene rings is 1. The highest BCUT2D eigenvalue weighted by atomic mass is 19.1. The van der Waals surface area contributed by atoms with Crippen molar-refractivity contribution >= 4 is 0 Å². The van der Waals surface area contributed by atoms with Crippen molar-refractivity contribution in [1.82, 2.24) is 0 Å². The topological polar surface area (TPSA) is 26.0 Å². The highest BCUT2D eigenvalue weighted by Crippen LogP contribution is 2.33. The van der Waals surface area contributed by atoms with Gasteiger partial charge in [0.15, 0.2) is 0 Å². The molecule has 0 radical (unpaired) electrons. The molecule has 2 unspecified atom stereocenters. The second kappa shape index (κ2) is 5.44. The van der Waals surface area contributed by atoms with Crippen LogP contribution in [0.3, 0.4) is 0 Å². The van der Waals surface area contributed by atoms with E-state index < -0.39 is 5.54 Å². The Hall–Kier alpha value is -0.890. The Kier molecular flexibility index (Phi) is 4.48. The van der Waals surface area contributed by atoms with Gasteiger partial charge in [0.1, 0.15) is 5.82 Å². The average molecular weight is 223 g/mol. The first-order valence-corrected chi connectivity index (χ1v) is 6.09. The third kappa shape index (κ3) is 2.62. The Labute approximate surface area is 97.9 Å². The van der Waals surface area contributed by atoms with Crippen LogP contribution in [0.25, 0.3) is 0 Å². The molecule has 0 aliphatic carbocycles. The van der Waals surface area contributed by atoms with Crippen LogP contribution in [0.5, 0.6) is 0 Å². The van der Waals surface area contributed by atoms with E-state index in [2.05, 4.69) is 20.8 Å². The van der Waals surface area contributed by atoms with Gasteiger partial charge in [-0.3, -0.25) is 0 Å². The van der Waals surface area contributed by atoms with Crippen LogP contribution in [-0.2, 0) is 5.54 Å². The third-order valence-electron chi connectivity index (χ3n) is 3.55. The lowest BCUT2D eigenvalue weighted by Gasteiger charge is -2.35. The summed E-state index contributed by atoms with van der Waals surface area (Å²) in [6.45, 7) is 6.37. The lowest BCUT2D eigenvalue weighted by atomic mass is 9.76. The molecule has 0 amide bonds. The molecule has 0 aliphatic heterocycles. The molecule has 2 atom stereocenters. The molecule has 1 rings (SSSR count). The van der Waals surface area contributed by atoms with E-state index in [9.17, 15) is 4.39 Å². The van der Waals surface area contributed by atoms with Crippen LogP contribution >= 0.6 is 0 Å². The quantitative estimate of drug-likeness (QED) is 0.806. The van der Waals surface area contributed by atoms with Crippen LogP contribution in [0.2, 0.25) is 0 Å². The van der Waals surface area contributed by atoms with Crippen LogP contribution in [-0.4, -0.2) is 0 Å². The van der Waals surface area contributed by atoms with Crippen LogP contribution in [0.15, 0.2) is 24.3 Å². The molecule has 0 saturated heterocycles. The molecule has 0 spiro atoms. The Morgan fingerprint density at radius 2 is 2.06 bits per heavy atom. The van der Waals surface area contributed by atoms with E-state index in [0.717, 1.165) is 24.8 Å². The van der Waals surface area contributed by atoms with Gasteiger partial charge in [-0.2, -0.15) is 0 Å². The number of rotatable bonds is 5. The molecule has 0 bridgehead atoms. The molecule has 16 heavy (non-hydrogen) atoms. The maximum absolute atomic E-state index is 13.2. The molecule has 0 aliphatic rings. The highest BCUT2D eigenvalue weighted by molar-refractivity contribution is 5.25. The van der Waals surface area contributed by atoms with E-state index in [1.54, 1.807) is 12.1 Å². The van der Waals surface area contributed by atoms with Crippen molar-refractivity contribution in [1.29, 1.82) is 0 Å². The zero-order valence-corrected chi connectivity index (χ0v) is 10.5.